The summed E-state index contributed by atoms with van der Waals surface area (Å²) in [6.07, 6.45) is 1.55. The van der Waals surface area contributed by atoms with Gasteiger partial charge in [0.25, 0.3) is 0 Å². The van der Waals surface area contributed by atoms with Crippen LogP contribution in [-0.4, -0.2) is 27.2 Å². The van der Waals surface area contributed by atoms with Crippen molar-refractivity contribution in [2.24, 2.45) is 7.05 Å². The molecular weight excluding hydrogens is 298 g/mol. The molecule has 0 radical (unpaired) electrons. The third kappa shape index (κ3) is 2.88. The van der Waals surface area contributed by atoms with Crippen molar-refractivity contribution in [1.29, 1.82) is 0 Å². The predicted octanol–water partition coefficient (Wildman–Crippen LogP) is 1.86. The first-order chi connectivity index (χ1) is 8.60. The van der Waals surface area contributed by atoms with Crippen LogP contribution in [0.5, 0.6) is 5.75 Å². The van der Waals surface area contributed by atoms with Crippen LogP contribution in [0.25, 0.3) is 0 Å². The summed E-state index contributed by atoms with van der Waals surface area (Å²) in [6, 6.07) is 5.71. The van der Waals surface area contributed by atoms with Crippen LogP contribution in [0.3, 0.4) is 0 Å². The third-order valence-electron chi connectivity index (χ3n) is 2.61. The lowest BCUT2D eigenvalue weighted by atomic mass is 10.1. The summed E-state index contributed by atoms with van der Waals surface area (Å²) in [5.74, 6) is 0.771. The highest BCUT2D eigenvalue weighted by Gasteiger charge is 2.13. The summed E-state index contributed by atoms with van der Waals surface area (Å²) in [7, 11) is 3.39. The highest BCUT2D eigenvalue weighted by Crippen LogP contribution is 2.27. The Bertz CT molecular complexity index is 542. The van der Waals surface area contributed by atoms with Crippen LogP contribution in [0.15, 0.2) is 28.9 Å². The second kappa shape index (κ2) is 5.49. The van der Waals surface area contributed by atoms with Gasteiger partial charge in [0.1, 0.15) is 17.5 Å². The SMILES string of the molecule is COc1ccc(CC(O)c2cn(C)nn2)cc1Br. The van der Waals surface area contributed by atoms with Gasteiger partial charge in [0.05, 0.1) is 17.8 Å². The van der Waals surface area contributed by atoms with Gasteiger partial charge < -0.3 is 9.84 Å². The zero-order valence-electron chi connectivity index (χ0n) is 10.2. The molecule has 1 atom stereocenters. The van der Waals surface area contributed by atoms with Crippen molar-refractivity contribution in [3.63, 3.8) is 0 Å². The molecule has 96 valence electrons. The van der Waals surface area contributed by atoms with E-state index in [4.69, 9.17) is 4.74 Å². The van der Waals surface area contributed by atoms with Gasteiger partial charge in [-0.05, 0) is 33.6 Å². The zero-order valence-corrected chi connectivity index (χ0v) is 11.8. The molecule has 0 amide bonds. The maximum absolute atomic E-state index is 10.0. The van der Waals surface area contributed by atoms with Crippen LogP contribution in [-0.2, 0) is 13.5 Å². The van der Waals surface area contributed by atoms with Crippen LogP contribution in [0, 0.1) is 0 Å². The Morgan fingerprint density at radius 3 is 2.83 bits per heavy atom. The number of ether oxygens (including phenoxy) is 1. The van der Waals surface area contributed by atoms with E-state index in [1.165, 1.54) is 0 Å². The molecule has 5 nitrogen and oxygen atoms in total. The number of rotatable bonds is 4. The number of hydrogen-bond donors (Lipinski definition) is 1. The number of halogens is 1. The highest BCUT2D eigenvalue weighted by molar-refractivity contribution is 9.10. The van der Waals surface area contributed by atoms with Crippen LogP contribution in [0.2, 0.25) is 0 Å². The monoisotopic (exact) mass is 311 g/mol. The number of aliphatic hydroxyl groups is 1. The molecule has 0 aliphatic rings. The first-order valence-electron chi connectivity index (χ1n) is 5.47. The van der Waals surface area contributed by atoms with Gasteiger partial charge >= 0.3 is 0 Å². The Morgan fingerprint density at radius 2 is 2.28 bits per heavy atom. The second-order valence-corrected chi connectivity index (χ2v) is 4.86. The number of nitrogens with zero attached hydrogens (tertiary/aromatic N) is 3. The van der Waals surface area contributed by atoms with E-state index in [-0.39, 0.29) is 0 Å². The van der Waals surface area contributed by atoms with E-state index in [0.29, 0.717) is 12.1 Å². The second-order valence-electron chi connectivity index (χ2n) is 4.01. The summed E-state index contributed by atoms with van der Waals surface area (Å²) in [4.78, 5) is 0. The molecule has 0 fully saturated rings. The number of aromatic nitrogens is 3. The van der Waals surface area contributed by atoms with Crippen LogP contribution in [0.1, 0.15) is 17.4 Å². The summed E-state index contributed by atoms with van der Waals surface area (Å²) >= 11 is 3.42. The number of benzene rings is 1. The molecule has 0 saturated carbocycles. The summed E-state index contributed by atoms with van der Waals surface area (Å²) in [5, 5.41) is 17.7. The topological polar surface area (TPSA) is 60.2 Å². The first-order valence-corrected chi connectivity index (χ1v) is 6.26. The van der Waals surface area contributed by atoms with Gasteiger partial charge in [-0.25, -0.2) is 0 Å². The highest BCUT2D eigenvalue weighted by atomic mass is 79.9. The lowest BCUT2D eigenvalue weighted by molar-refractivity contribution is 0.173. The first kappa shape index (κ1) is 13.0. The fourth-order valence-corrected chi connectivity index (χ4v) is 2.27. The Labute approximate surface area is 114 Å². The molecule has 2 rings (SSSR count). The van der Waals surface area contributed by atoms with Crippen molar-refractivity contribution in [3.05, 3.63) is 40.1 Å². The number of aliphatic hydroxyl groups excluding tert-OH is 1. The molecule has 0 aliphatic carbocycles. The number of aryl methyl sites for hydroxylation is 1. The predicted molar refractivity (Wildman–Crippen MR) is 70.4 cm³/mol. The van der Waals surface area contributed by atoms with E-state index in [0.717, 1.165) is 15.8 Å². The molecule has 0 spiro atoms. The van der Waals surface area contributed by atoms with E-state index in [1.807, 2.05) is 18.2 Å². The Morgan fingerprint density at radius 1 is 1.50 bits per heavy atom. The molecule has 0 aliphatic heterocycles. The minimum atomic E-state index is -0.654. The van der Waals surface area contributed by atoms with Crippen molar-refractivity contribution in [2.75, 3.05) is 7.11 Å². The van der Waals surface area contributed by atoms with Crippen LogP contribution in [0.4, 0.5) is 0 Å². The van der Waals surface area contributed by atoms with E-state index >= 15 is 0 Å². The molecule has 1 heterocycles. The molecule has 0 bridgehead atoms. The Kier molecular flexibility index (Phi) is 3.98. The van der Waals surface area contributed by atoms with Gasteiger partial charge in [-0.2, -0.15) is 0 Å². The van der Waals surface area contributed by atoms with Crippen molar-refractivity contribution in [2.45, 2.75) is 12.5 Å². The molecule has 1 unspecified atom stereocenters. The van der Waals surface area contributed by atoms with Crippen LogP contribution < -0.4 is 4.74 Å². The molecule has 18 heavy (non-hydrogen) atoms. The largest absolute Gasteiger partial charge is 0.496 e. The summed E-state index contributed by atoms with van der Waals surface area (Å²) < 4.78 is 7.60. The van der Waals surface area contributed by atoms with E-state index in [9.17, 15) is 5.11 Å². The molecule has 1 N–H and O–H groups in total. The maximum atomic E-state index is 10.0. The molecule has 6 heteroatoms. The summed E-state index contributed by atoms with van der Waals surface area (Å²) in [6.45, 7) is 0. The van der Waals surface area contributed by atoms with E-state index in [2.05, 4.69) is 26.2 Å². The average Bonchev–Trinajstić information content (AvgIpc) is 2.76. The van der Waals surface area contributed by atoms with E-state index < -0.39 is 6.10 Å². The lowest BCUT2D eigenvalue weighted by Crippen LogP contribution is -2.02. The average molecular weight is 312 g/mol. The molecule has 1 aromatic heterocycles. The third-order valence-corrected chi connectivity index (χ3v) is 3.23. The molecule has 1 aromatic carbocycles. The quantitative estimate of drug-likeness (QED) is 0.936. The van der Waals surface area contributed by atoms with Gasteiger partial charge in [-0.15, -0.1) is 5.10 Å². The summed E-state index contributed by atoms with van der Waals surface area (Å²) in [5.41, 5.74) is 1.57. The van der Waals surface area contributed by atoms with Gasteiger partial charge in [-0.3, -0.25) is 4.68 Å². The molecule has 0 saturated heterocycles. The minimum Gasteiger partial charge on any atom is -0.496 e. The zero-order chi connectivity index (χ0) is 13.1. The van der Waals surface area contributed by atoms with Gasteiger partial charge in [0.2, 0.25) is 0 Å². The van der Waals surface area contributed by atoms with Crippen molar-refractivity contribution in [1.82, 2.24) is 15.0 Å². The van der Waals surface area contributed by atoms with Crippen molar-refractivity contribution in [3.8, 4) is 5.75 Å². The van der Waals surface area contributed by atoms with Gasteiger partial charge in [-0.1, -0.05) is 11.3 Å². The molecular formula is C12H14BrN3O2. The smallest absolute Gasteiger partial charge is 0.133 e. The maximum Gasteiger partial charge on any atom is 0.133 e. The Hall–Kier alpha value is -1.40. The number of hydrogen-bond acceptors (Lipinski definition) is 4. The van der Waals surface area contributed by atoms with Crippen molar-refractivity contribution >= 4 is 15.9 Å². The van der Waals surface area contributed by atoms with Crippen molar-refractivity contribution < 1.29 is 9.84 Å². The Balaban J connectivity index is 2.12. The van der Waals surface area contributed by atoms with Gasteiger partial charge in [0, 0.05) is 13.5 Å². The lowest BCUT2D eigenvalue weighted by Gasteiger charge is -2.09. The normalized spacial score (nSPS) is 12.4. The fourth-order valence-electron chi connectivity index (χ4n) is 1.68. The fraction of sp³-hybridized carbons (Fsp3) is 0.333. The van der Waals surface area contributed by atoms with Gasteiger partial charge in [0.15, 0.2) is 0 Å². The van der Waals surface area contributed by atoms with Crippen LogP contribution >= 0.6 is 15.9 Å². The number of methoxy groups -OCH3 is 1. The standard InChI is InChI=1S/C12H14BrN3O2/c1-16-7-10(14-15-16)11(17)6-8-3-4-12(18-2)9(13)5-8/h3-5,7,11,17H,6H2,1-2H3. The molecule has 2 aromatic rings. The van der Waals surface area contributed by atoms with E-state index in [1.54, 1.807) is 25.0 Å². The minimum absolute atomic E-state index is 0.487.